The molecule has 0 amide bonds. The number of hydrogen-bond acceptors (Lipinski definition) is 6. The fourth-order valence-electron chi connectivity index (χ4n) is 4.89. The third-order valence-corrected chi connectivity index (χ3v) is 7.45. The molecule has 160 valence electrons. The number of nitrogens with zero attached hydrogens (tertiary/aromatic N) is 5. The molecule has 0 spiro atoms. The van der Waals surface area contributed by atoms with Crippen molar-refractivity contribution in [3.05, 3.63) is 58.1 Å². The van der Waals surface area contributed by atoms with Gasteiger partial charge >= 0.3 is 0 Å². The van der Waals surface area contributed by atoms with Crippen LogP contribution in [0.1, 0.15) is 37.4 Å². The molecule has 1 N–H and O–H groups in total. The smallest absolute Gasteiger partial charge is 0.194 e. The lowest BCUT2D eigenvalue weighted by Gasteiger charge is -2.43. The lowest BCUT2D eigenvalue weighted by molar-refractivity contribution is 0.0454. The van der Waals surface area contributed by atoms with E-state index in [-0.39, 0.29) is 16.8 Å². The summed E-state index contributed by atoms with van der Waals surface area (Å²) in [4.78, 5) is 17.1. The minimum absolute atomic E-state index is 0.0235. The number of allylic oxidation sites excluding steroid dienone is 3. The quantitative estimate of drug-likeness (QED) is 0.619. The maximum atomic E-state index is 15.4. The van der Waals surface area contributed by atoms with Crippen molar-refractivity contribution in [1.82, 2.24) is 30.2 Å². The molecule has 5 rings (SSSR count). The Morgan fingerprint density at radius 3 is 2.87 bits per heavy atom. The van der Waals surface area contributed by atoms with Crippen molar-refractivity contribution in [3.8, 4) is 16.4 Å². The number of nitrogens with one attached hydrogen (secondary N) is 1. The summed E-state index contributed by atoms with van der Waals surface area (Å²) in [6.45, 7) is 10.1. The Hall–Kier alpha value is -2.94. The van der Waals surface area contributed by atoms with Crippen LogP contribution in [0.5, 0.6) is 0 Å². The number of aromatic nitrogens is 6. The van der Waals surface area contributed by atoms with Crippen LogP contribution in [0.3, 0.4) is 0 Å². The van der Waals surface area contributed by atoms with Crippen LogP contribution in [0, 0.1) is 23.7 Å². The number of aromatic amines is 1. The summed E-state index contributed by atoms with van der Waals surface area (Å²) in [5, 5.41) is 17.8. The first-order chi connectivity index (χ1) is 14.7. The Balaban J connectivity index is 1.42. The fraction of sp³-hybridized carbons (Fsp3) is 0.409. The number of H-pyrrole nitrogens is 1. The summed E-state index contributed by atoms with van der Waals surface area (Å²) < 4.78 is 15.4. The highest BCUT2D eigenvalue weighted by Gasteiger charge is 2.53. The fourth-order valence-corrected chi connectivity index (χ4v) is 5.79. The normalized spacial score (nSPS) is 29.4. The van der Waals surface area contributed by atoms with Gasteiger partial charge in [0.1, 0.15) is 11.2 Å². The average Bonchev–Trinajstić information content (AvgIpc) is 3.44. The van der Waals surface area contributed by atoms with Crippen molar-refractivity contribution in [3.63, 3.8) is 0 Å². The summed E-state index contributed by atoms with van der Waals surface area (Å²) in [5.74, 6) is 0.136. The predicted octanol–water partition coefficient (Wildman–Crippen LogP) is 4.13. The predicted molar refractivity (Wildman–Crippen MR) is 118 cm³/mol. The molecule has 1 fully saturated rings. The molecule has 0 unspecified atom stereocenters. The van der Waals surface area contributed by atoms with Gasteiger partial charge < -0.3 is 4.98 Å². The highest BCUT2D eigenvalue weighted by atomic mass is 32.1. The van der Waals surface area contributed by atoms with E-state index in [2.05, 4.69) is 45.0 Å². The van der Waals surface area contributed by atoms with Gasteiger partial charge in [0.05, 0.1) is 17.5 Å². The van der Waals surface area contributed by atoms with Crippen molar-refractivity contribution in [2.45, 2.75) is 39.8 Å². The van der Waals surface area contributed by atoms with Crippen molar-refractivity contribution in [1.29, 1.82) is 0 Å². The molecule has 4 atom stereocenters. The van der Waals surface area contributed by atoms with Crippen LogP contribution in [0.2, 0.25) is 0 Å². The zero-order valence-corrected chi connectivity index (χ0v) is 18.4. The molecule has 3 heterocycles. The van der Waals surface area contributed by atoms with Crippen LogP contribution in [0.4, 0.5) is 4.39 Å². The molecule has 2 aliphatic carbocycles. The molecule has 0 radical (unpaired) electrons. The minimum Gasteiger partial charge on any atom is -0.344 e. The topological polar surface area (TPSA) is 89.3 Å². The number of halogens is 1. The number of alkyl halides is 1. The van der Waals surface area contributed by atoms with E-state index < -0.39 is 11.6 Å². The third-order valence-electron chi connectivity index (χ3n) is 6.42. The molecule has 7 nitrogen and oxygen atoms in total. The Kier molecular flexibility index (Phi) is 4.37. The summed E-state index contributed by atoms with van der Waals surface area (Å²) in [7, 11) is 0. The zero-order valence-electron chi connectivity index (χ0n) is 17.6. The first-order valence-corrected chi connectivity index (χ1v) is 11.0. The Morgan fingerprint density at radius 2 is 2.16 bits per heavy atom. The molecule has 0 aliphatic heterocycles. The first-order valence-electron chi connectivity index (χ1n) is 10.2. The van der Waals surface area contributed by atoms with Crippen LogP contribution < -0.4 is 5.43 Å². The van der Waals surface area contributed by atoms with Gasteiger partial charge in [0.15, 0.2) is 16.3 Å². The second-order valence-corrected chi connectivity index (χ2v) is 10.2. The molecule has 0 saturated heterocycles. The molecule has 2 bridgehead atoms. The summed E-state index contributed by atoms with van der Waals surface area (Å²) >= 11 is 1.26. The van der Waals surface area contributed by atoms with Crippen LogP contribution >= 0.6 is 11.3 Å². The van der Waals surface area contributed by atoms with E-state index in [1.807, 2.05) is 19.9 Å². The zero-order chi connectivity index (χ0) is 22.0. The van der Waals surface area contributed by atoms with E-state index in [0.29, 0.717) is 33.4 Å². The SMILES string of the molecule is C=C(c1nnc(-c2c[nH]c(-n3ncc(C)n3)cc2=O)s1)[C@H]1C[C@]2(C)C=C[C@@](C)(C2)[C@@H]1F. The van der Waals surface area contributed by atoms with E-state index in [4.69, 9.17) is 0 Å². The number of rotatable bonds is 4. The van der Waals surface area contributed by atoms with E-state index in [9.17, 15) is 4.79 Å². The molecular weight excluding hydrogens is 415 g/mol. The molecule has 3 aromatic rings. The highest BCUT2D eigenvalue weighted by molar-refractivity contribution is 7.15. The highest BCUT2D eigenvalue weighted by Crippen LogP contribution is 2.58. The second-order valence-electron chi connectivity index (χ2n) is 9.19. The standard InChI is InChI=1S/C22H23FN6OS/c1-12-9-25-29(28-12)17-7-16(30)15(10-24-17)20-27-26-19(31-20)13(2)14-8-21(3)5-6-22(4,11-21)18(14)23/h5-7,9-10,14,18H,2,8,11H2,1,3-4H3,(H,24,30)/t14-,18-,21+,22+/m1/s1. The summed E-state index contributed by atoms with van der Waals surface area (Å²) in [6, 6.07) is 1.43. The van der Waals surface area contributed by atoms with Crippen LogP contribution in [0.15, 0.2) is 42.0 Å². The van der Waals surface area contributed by atoms with Crippen molar-refractivity contribution in [2.75, 3.05) is 0 Å². The van der Waals surface area contributed by atoms with Crippen LogP contribution in [-0.2, 0) is 0 Å². The van der Waals surface area contributed by atoms with Crippen LogP contribution in [-0.4, -0.2) is 36.3 Å². The van der Waals surface area contributed by atoms with Crippen LogP contribution in [0.25, 0.3) is 22.0 Å². The van der Waals surface area contributed by atoms with Gasteiger partial charge in [-0.2, -0.15) is 10.2 Å². The van der Waals surface area contributed by atoms with Crippen molar-refractivity contribution in [2.24, 2.45) is 16.7 Å². The Labute approximate surface area is 182 Å². The van der Waals surface area contributed by atoms with Gasteiger partial charge in [0.2, 0.25) is 0 Å². The van der Waals surface area contributed by atoms with Gasteiger partial charge in [-0.1, -0.05) is 43.9 Å². The van der Waals surface area contributed by atoms with Gasteiger partial charge in [-0.3, -0.25) is 4.79 Å². The number of aryl methyl sites for hydroxylation is 1. The van der Waals surface area contributed by atoms with Crippen molar-refractivity contribution < 1.29 is 4.39 Å². The maximum Gasteiger partial charge on any atom is 0.194 e. The summed E-state index contributed by atoms with van der Waals surface area (Å²) in [6.07, 6.45) is 7.85. The number of fused-ring (bicyclic) bond motifs is 2. The Morgan fingerprint density at radius 1 is 1.35 bits per heavy atom. The minimum atomic E-state index is -1.02. The molecule has 1 saturated carbocycles. The van der Waals surface area contributed by atoms with Gasteiger partial charge in [-0.05, 0) is 30.8 Å². The number of hydrogen-bond donors (Lipinski definition) is 1. The van der Waals surface area contributed by atoms with Gasteiger partial charge in [-0.15, -0.1) is 15.0 Å². The van der Waals surface area contributed by atoms with E-state index in [0.717, 1.165) is 12.1 Å². The van der Waals surface area contributed by atoms with Gasteiger partial charge in [0, 0.05) is 23.6 Å². The molecule has 3 aromatic heterocycles. The first kappa shape index (κ1) is 20.0. The average molecular weight is 439 g/mol. The largest absolute Gasteiger partial charge is 0.344 e. The second kappa shape index (κ2) is 6.78. The number of pyridine rings is 1. The van der Waals surface area contributed by atoms with E-state index >= 15 is 4.39 Å². The molecular formula is C22H23FN6OS. The van der Waals surface area contributed by atoms with Gasteiger partial charge in [0.25, 0.3) is 0 Å². The maximum absolute atomic E-state index is 15.4. The van der Waals surface area contributed by atoms with E-state index in [1.165, 1.54) is 22.2 Å². The molecule has 0 aromatic carbocycles. The molecule has 9 heteroatoms. The Bertz CT molecular complexity index is 1270. The lowest BCUT2D eigenvalue weighted by Crippen LogP contribution is -2.41. The lowest BCUT2D eigenvalue weighted by atomic mass is 9.62. The van der Waals surface area contributed by atoms with E-state index in [1.54, 1.807) is 12.4 Å². The summed E-state index contributed by atoms with van der Waals surface area (Å²) in [5.41, 5.74) is 1.08. The van der Waals surface area contributed by atoms with Crippen molar-refractivity contribution >= 4 is 16.9 Å². The van der Waals surface area contributed by atoms with Gasteiger partial charge in [-0.25, -0.2) is 4.39 Å². The molecule has 2 aliphatic rings. The monoisotopic (exact) mass is 438 g/mol. The third kappa shape index (κ3) is 3.27. The molecule has 31 heavy (non-hydrogen) atoms.